The molecule has 0 atom stereocenters. The molecule has 2 aromatic heterocycles. The molecular formula is C21H22N8. The highest BCUT2D eigenvalue weighted by Crippen LogP contribution is 2.16. The standard InChI is InChI=1S/C21H22N8/c1-29(2)21-26-19(23-12-15-8-4-3-5-9-15)25-20(27-21)28-24-14-16-13-22-18-11-7-6-10-17(16)18/h3-11,13-14,22H,12H2,1-2H3,(H2,23,25,26,27,28)/b24-14+. The monoisotopic (exact) mass is 386 g/mol. The second-order valence-corrected chi connectivity index (χ2v) is 6.68. The minimum absolute atomic E-state index is 0.371. The van der Waals surface area contributed by atoms with Crippen molar-refractivity contribution in [3.63, 3.8) is 0 Å². The highest BCUT2D eigenvalue weighted by molar-refractivity contribution is 5.99. The van der Waals surface area contributed by atoms with Gasteiger partial charge in [0.05, 0.1) is 6.21 Å². The maximum Gasteiger partial charge on any atom is 0.250 e. The van der Waals surface area contributed by atoms with Crippen molar-refractivity contribution in [3.8, 4) is 0 Å². The molecule has 0 amide bonds. The third kappa shape index (κ3) is 4.49. The predicted octanol–water partition coefficient (Wildman–Crippen LogP) is 3.48. The van der Waals surface area contributed by atoms with Gasteiger partial charge < -0.3 is 15.2 Å². The van der Waals surface area contributed by atoms with E-state index in [4.69, 9.17) is 0 Å². The van der Waals surface area contributed by atoms with Gasteiger partial charge in [-0.3, -0.25) is 0 Å². The van der Waals surface area contributed by atoms with E-state index >= 15 is 0 Å². The van der Waals surface area contributed by atoms with Gasteiger partial charge >= 0.3 is 0 Å². The number of hydrogen-bond donors (Lipinski definition) is 3. The van der Waals surface area contributed by atoms with Crippen molar-refractivity contribution in [2.75, 3.05) is 29.7 Å². The Morgan fingerprint density at radius 1 is 0.966 bits per heavy atom. The van der Waals surface area contributed by atoms with Crippen LogP contribution in [0, 0.1) is 0 Å². The third-order valence-electron chi connectivity index (χ3n) is 4.31. The molecule has 0 bridgehead atoms. The molecule has 0 spiro atoms. The van der Waals surface area contributed by atoms with Crippen LogP contribution in [0.5, 0.6) is 0 Å². The molecule has 146 valence electrons. The summed E-state index contributed by atoms with van der Waals surface area (Å²) in [6.07, 6.45) is 3.66. The van der Waals surface area contributed by atoms with Crippen molar-refractivity contribution < 1.29 is 0 Å². The van der Waals surface area contributed by atoms with Gasteiger partial charge in [-0.25, -0.2) is 5.43 Å². The molecule has 2 aromatic carbocycles. The number of aromatic amines is 1. The van der Waals surface area contributed by atoms with Crippen LogP contribution in [0.4, 0.5) is 17.8 Å². The Bertz CT molecular complexity index is 1120. The van der Waals surface area contributed by atoms with Crippen molar-refractivity contribution in [3.05, 3.63) is 71.9 Å². The number of hydrogen-bond acceptors (Lipinski definition) is 7. The Morgan fingerprint density at radius 3 is 2.55 bits per heavy atom. The molecule has 0 saturated carbocycles. The topological polar surface area (TPSA) is 94.1 Å². The summed E-state index contributed by atoms with van der Waals surface area (Å²) in [4.78, 5) is 18.3. The van der Waals surface area contributed by atoms with Crippen LogP contribution in [0.15, 0.2) is 65.9 Å². The lowest BCUT2D eigenvalue weighted by Gasteiger charge is -2.13. The maximum atomic E-state index is 4.44. The normalized spacial score (nSPS) is 11.1. The largest absolute Gasteiger partial charge is 0.361 e. The van der Waals surface area contributed by atoms with Crippen LogP contribution in [0.1, 0.15) is 11.1 Å². The predicted molar refractivity (Wildman–Crippen MR) is 117 cm³/mol. The van der Waals surface area contributed by atoms with Gasteiger partial charge in [0.15, 0.2) is 0 Å². The molecule has 8 heteroatoms. The molecule has 0 saturated heterocycles. The van der Waals surface area contributed by atoms with Gasteiger partial charge in [-0.15, -0.1) is 0 Å². The first-order chi connectivity index (χ1) is 14.2. The van der Waals surface area contributed by atoms with Crippen LogP contribution >= 0.6 is 0 Å². The molecule has 0 fully saturated rings. The molecule has 0 unspecified atom stereocenters. The number of anilines is 3. The number of hydrazone groups is 1. The summed E-state index contributed by atoms with van der Waals surface area (Å²) < 4.78 is 0. The van der Waals surface area contributed by atoms with Gasteiger partial charge in [0, 0.05) is 43.3 Å². The lowest BCUT2D eigenvalue weighted by atomic mass is 10.2. The van der Waals surface area contributed by atoms with E-state index in [0.717, 1.165) is 22.0 Å². The minimum atomic E-state index is 0.371. The second kappa shape index (κ2) is 8.39. The van der Waals surface area contributed by atoms with Crippen molar-refractivity contribution in [2.45, 2.75) is 6.54 Å². The smallest absolute Gasteiger partial charge is 0.250 e. The van der Waals surface area contributed by atoms with E-state index in [1.807, 2.05) is 79.8 Å². The fraction of sp³-hybridized carbons (Fsp3) is 0.143. The van der Waals surface area contributed by atoms with Gasteiger partial charge in [0.1, 0.15) is 0 Å². The van der Waals surface area contributed by atoms with E-state index < -0.39 is 0 Å². The Morgan fingerprint density at radius 2 is 1.72 bits per heavy atom. The lowest BCUT2D eigenvalue weighted by molar-refractivity contribution is 0.940. The molecular weight excluding hydrogens is 364 g/mol. The summed E-state index contributed by atoms with van der Waals surface area (Å²) >= 11 is 0. The van der Waals surface area contributed by atoms with Gasteiger partial charge in [-0.2, -0.15) is 20.1 Å². The van der Waals surface area contributed by atoms with Crippen LogP contribution in [-0.2, 0) is 6.54 Å². The number of benzene rings is 2. The van der Waals surface area contributed by atoms with Crippen molar-refractivity contribution in [2.24, 2.45) is 5.10 Å². The van der Waals surface area contributed by atoms with Crippen molar-refractivity contribution in [1.82, 2.24) is 19.9 Å². The van der Waals surface area contributed by atoms with Crippen LogP contribution < -0.4 is 15.6 Å². The Kier molecular flexibility index (Phi) is 5.33. The van der Waals surface area contributed by atoms with Crippen molar-refractivity contribution >= 4 is 35.0 Å². The van der Waals surface area contributed by atoms with Gasteiger partial charge in [0.2, 0.25) is 17.8 Å². The Balaban J connectivity index is 1.50. The van der Waals surface area contributed by atoms with E-state index in [-0.39, 0.29) is 0 Å². The summed E-state index contributed by atoms with van der Waals surface area (Å²) in [5.41, 5.74) is 6.10. The summed E-state index contributed by atoms with van der Waals surface area (Å²) in [5.74, 6) is 1.40. The van der Waals surface area contributed by atoms with E-state index in [1.165, 1.54) is 0 Å². The molecule has 3 N–H and O–H groups in total. The molecule has 0 aliphatic rings. The zero-order valence-corrected chi connectivity index (χ0v) is 16.3. The van der Waals surface area contributed by atoms with Crippen molar-refractivity contribution in [1.29, 1.82) is 0 Å². The zero-order chi connectivity index (χ0) is 20.1. The number of fused-ring (bicyclic) bond motifs is 1. The van der Waals surface area contributed by atoms with Crippen LogP contribution in [0.25, 0.3) is 10.9 Å². The number of aromatic nitrogens is 4. The summed E-state index contributed by atoms with van der Waals surface area (Å²) in [6, 6.07) is 18.2. The summed E-state index contributed by atoms with van der Waals surface area (Å²) in [7, 11) is 3.77. The molecule has 2 heterocycles. The highest BCUT2D eigenvalue weighted by Gasteiger charge is 2.08. The first-order valence-corrected chi connectivity index (χ1v) is 9.25. The molecule has 0 radical (unpaired) electrons. The molecule has 4 aromatic rings. The maximum absolute atomic E-state index is 4.44. The van der Waals surface area contributed by atoms with Crippen LogP contribution in [-0.4, -0.2) is 40.2 Å². The van der Waals surface area contributed by atoms with Gasteiger partial charge in [-0.1, -0.05) is 48.5 Å². The fourth-order valence-electron chi connectivity index (χ4n) is 2.83. The van der Waals surface area contributed by atoms with Gasteiger partial charge in [-0.05, 0) is 11.6 Å². The van der Waals surface area contributed by atoms with Crippen LogP contribution in [0.2, 0.25) is 0 Å². The van der Waals surface area contributed by atoms with E-state index in [2.05, 4.69) is 35.8 Å². The Labute approximate surface area is 168 Å². The summed E-state index contributed by atoms with van der Waals surface area (Å²) in [5, 5.41) is 8.64. The fourth-order valence-corrected chi connectivity index (χ4v) is 2.83. The van der Waals surface area contributed by atoms with Gasteiger partial charge in [0.25, 0.3) is 0 Å². The number of nitrogens with one attached hydrogen (secondary N) is 3. The molecule has 29 heavy (non-hydrogen) atoms. The second-order valence-electron chi connectivity index (χ2n) is 6.68. The molecule has 4 rings (SSSR count). The quantitative estimate of drug-likeness (QED) is 0.333. The molecule has 0 aliphatic carbocycles. The molecule has 8 nitrogen and oxygen atoms in total. The number of H-pyrrole nitrogens is 1. The highest BCUT2D eigenvalue weighted by atomic mass is 15.4. The SMILES string of the molecule is CN(C)c1nc(NCc2ccccc2)nc(N/N=C/c2c[nH]c3ccccc23)n1. The summed E-state index contributed by atoms with van der Waals surface area (Å²) in [6.45, 7) is 0.621. The number of rotatable bonds is 7. The molecule has 0 aliphatic heterocycles. The van der Waals surface area contributed by atoms with Crippen LogP contribution in [0.3, 0.4) is 0 Å². The average molecular weight is 386 g/mol. The number of nitrogens with zero attached hydrogens (tertiary/aromatic N) is 5. The Hall–Kier alpha value is -3.94. The van der Waals surface area contributed by atoms with E-state index in [0.29, 0.717) is 24.4 Å². The average Bonchev–Trinajstić information content (AvgIpc) is 3.16. The minimum Gasteiger partial charge on any atom is -0.361 e. The zero-order valence-electron chi connectivity index (χ0n) is 16.3. The first kappa shape index (κ1) is 18.4. The third-order valence-corrected chi connectivity index (χ3v) is 4.31. The number of para-hydroxylation sites is 1. The van der Waals surface area contributed by atoms with E-state index in [1.54, 1.807) is 6.21 Å². The lowest BCUT2D eigenvalue weighted by Crippen LogP contribution is -2.16. The first-order valence-electron chi connectivity index (χ1n) is 9.25. The van der Waals surface area contributed by atoms with E-state index in [9.17, 15) is 0 Å².